The predicted molar refractivity (Wildman–Crippen MR) is 104 cm³/mol. The second kappa shape index (κ2) is 6.19. The topological polar surface area (TPSA) is 49.4 Å². The van der Waals surface area contributed by atoms with E-state index >= 15 is 0 Å². The van der Waals surface area contributed by atoms with Crippen molar-refractivity contribution in [3.05, 3.63) is 82.9 Å². The number of nitrogens with one attached hydrogen (secondary N) is 1. The maximum absolute atomic E-state index is 8.18. The van der Waals surface area contributed by atoms with Gasteiger partial charge in [-0.3, -0.25) is 5.41 Å². The monoisotopic (exact) mass is 346 g/mol. The number of nitrogens with zero attached hydrogens (tertiary/aromatic N) is 1. The molecule has 0 bridgehead atoms. The third-order valence-corrected chi connectivity index (χ3v) is 4.41. The van der Waals surface area contributed by atoms with Crippen LogP contribution in [0.25, 0.3) is 21.9 Å². The summed E-state index contributed by atoms with van der Waals surface area (Å²) in [5, 5.41) is 10.8. The van der Waals surface area contributed by atoms with Gasteiger partial charge in [-0.25, -0.2) is 4.99 Å². The summed E-state index contributed by atoms with van der Waals surface area (Å²) in [4.78, 5) is 4.45. The van der Waals surface area contributed by atoms with Crippen LogP contribution in [-0.2, 0) is 0 Å². The van der Waals surface area contributed by atoms with Crippen molar-refractivity contribution >= 4 is 45.1 Å². The van der Waals surface area contributed by atoms with Gasteiger partial charge in [-0.15, -0.1) is 0 Å². The molecule has 1 aromatic heterocycles. The summed E-state index contributed by atoms with van der Waals surface area (Å²) >= 11 is 6.12. The Morgan fingerprint density at radius 2 is 1.56 bits per heavy atom. The van der Waals surface area contributed by atoms with Gasteiger partial charge in [0, 0.05) is 27.1 Å². The van der Waals surface area contributed by atoms with Crippen LogP contribution in [0.4, 0.5) is 0 Å². The number of aliphatic imine (C=N–C) groups is 1. The number of hydrogen-bond donors (Lipinski definition) is 1. The van der Waals surface area contributed by atoms with Gasteiger partial charge in [0.05, 0.1) is 0 Å². The first kappa shape index (κ1) is 15.6. The van der Waals surface area contributed by atoms with Crippen molar-refractivity contribution in [1.29, 1.82) is 5.41 Å². The number of hydrogen-bond acceptors (Lipinski definition) is 2. The molecule has 0 spiro atoms. The van der Waals surface area contributed by atoms with Gasteiger partial charge in [0.1, 0.15) is 11.2 Å². The van der Waals surface area contributed by atoms with Crippen LogP contribution in [0.1, 0.15) is 18.1 Å². The van der Waals surface area contributed by atoms with Crippen LogP contribution in [-0.4, -0.2) is 11.5 Å². The molecule has 1 heterocycles. The second-order valence-electron chi connectivity index (χ2n) is 5.87. The lowest BCUT2D eigenvalue weighted by Gasteiger charge is -2.03. The molecule has 3 nitrogen and oxygen atoms in total. The highest BCUT2D eigenvalue weighted by atomic mass is 35.5. The number of rotatable bonds is 2. The minimum atomic E-state index is 0.248. The summed E-state index contributed by atoms with van der Waals surface area (Å²) < 4.78 is 5.85. The highest BCUT2D eigenvalue weighted by Gasteiger charge is 2.10. The van der Waals surface area contributed by atoms with Gasteiger partial charge >= 0.3 is 0 Å². The van der Waals surface area contributed by atoms with Crippen molar-refractivity contribution in [1.82, 2.24) is 0 Å². The van der Waals surface area contributed by atoms with Crippen LogP contribution in [0.5, 0.6) is 0 Å². The molecule has 0 saturated heterocycles. The Balaban J connectivity index is 1.78. The Labute approximate surface area is 150 Å². The van der Waals surface area contributed by atoms with Crippen LogP contribution >= 0.6 is 11.6 Å². The molecular weight excluding hydrogens is 332 g/mol. The molecule has 0 atom stereocenters. The molecule has 0 amide bonds. The summed E-state index contributed by atoms with van der Waals surface area (Å²) in [6.45, 7) is 1.91. The minimum absolute atomic E-state index is 0.248. The first-order chi connectivity index (χ1) is 12.1. The quantitative estimate of drug-likeness (QED) is 0.347. The molecule has 4 heteroatoms. The molecule has 0 aliphatic rings. The number of furan rings is 1. The third-order valence-electron chi connectivity index (χ3n) is 4.18. The number of benzene rings is 3. The van der Waals surface area contributed by atoms with Gasteiger partial charge in [-0.2, -0.15) is 0 Å². The zero-order valence-electron chi connectivity index (χ0n) is 13.6. The van der Waals surface area contributed by atoms with Crippen molar-refractivity contribution in [3.63, 3.8) is 0 Å². The Bertz CT molecular complexity index is 1130. The second-order valence-corrected chi connectivity index (χ2v) is 6.30. The molecule has 4 rings (SSSR count). The molecular formula is C21H15ClN2O. The Kier molecular flexibility index (Phi) is 3.86. The third kappa shape index (κ3) is 2.94. The molecule has 0 saturated carbocycles. The van der Waals surface area contributed by atoms with E-state index in [1.54, 1.807) is 0 Å². The number of fused-ring (bicyclic) bond motifs is 3. The van der Waals surface area contributed by atoms with Crippen molar-refractivity contribution in [2.24, 2.45) is 4.99 Å². The van der Waals surface area contributed by atoms with Crippen molar-refractivity contribution in [2.75, 3.05) is 0 Å². The van der Waals surface area contributed by atoms with E-state index in [1.807, 2.05) is 73.7 Å². The van der Waals surface area contributed by atoms with Crippen molar-refractivity contribution < 1.29 is 4.42 Å². The normalized spacial score (nSPS) is 12.0. The van der Waals surface area contributed by atoms with E-state index in [1.165, 1.54) is 0 Å². The summed E-state index contributed by atoms with van der Waals surface area (Å²) in [6, 6.07) is 21.0. The van der Waals surface area contributed by atoms with Crippen LogP contribution < -0.4 is 0 Å². The largest absolute Gasteiger partial charge is 0.456 e. The van der Waals surface area contributed by atoms with Crippen LogP contribution in [0.15, 0.2) is 76.1 Å². The van der Waals surface area contributed by atoms with E-state index in [4.69, 9.17) is 21.4 Å². The Morgan fingerprint density at radius 1 is 0.880 bits per heavy atom. The van der Waals surface area contributed by atoms with E-state index < -0.39 is 0 Å². The molecule has 122 valence electrons. The van der Waals surface area contributed by atoms with E-state index in [0.717, 1.165) is 38.8 Å². The molecule has 0 radical (unpaired) electrons. The molecule has 4 aromatic rings. The maximum atomic E-state index is 8.18. The van der Waals surface area contributed by atoms with Gasteiger partial charge in [0.25, 0.3) is 0 Å². The Hall–Kier alpha value is -2.91. The molecule has 0 unspecified atom stereocenters. The average molecular weight is 347 g/mol. The van der Waals surface area contributed by atoms with Crippen LogP contribution in [0.2, 0.25) is 5.02 Å². The molecule has 1 N–H and O–H groups in total. The van der Waals surface area contributed by atoms with Crippen LogP contribution in [0, 0.1) is 5.41 Å². The van der Waals surface area contributed by atoms with E-state index in [0.29, 0.717) is 5.02 Å². The van der Waals surface area contributed by atoms with E-state index in [-0.39, 0.29) is 5.84 Å². The summed E-state index contributed by atoms with van der Waals surface area (Å²) in [5.41, 5.74) is 4.15. The first-order valence-electron chi connectivity index (χ1n) is 7.93. The molecule has 0 aliphatic carbocycles. The fraction of sp³-hybridized carbons (Fsp3) is 0.0476. The lowest BCUT2D eigenvalue weighted by Crippen LogP contribution is -2.02. The molecule has 25 heavy (non-hydrogen) atoms. The van der Waals surface area contributed by atoms with Gasteiger partial charge in [-0.05, 0) is 48.9 Å². The van der Waals surface area contributed by atoms with Gasteiger partial charge in [-0.1, -0.05) is 41.9 Å². The molecule has 0 fully saturated rings. The lowest BCUT2D eigenvalue weighted by molar-refractivity contribution is 0.669. The van der Waals surface area contributed by atoms with E-state index in [2.05, 4.69) is 4.99 Å². The number of amidine groups is 1. The zero-order chi connectivity index (χ0) is 17.4. The van der Waals surface area contributed by atoms with Gasteiger partial charge in [0.2, 0.25) is 0 Å². The summed E-state index contributed by atoms with van der Waals surface area (Å²) in [7, 11) is 0. The minimum Gasteiger partial charge on any atom is -0.456 e. The molecule has 3 aromatic carbocycles. The fourth-order valence-electron chi connectivity index (χ4n) is 2.87. The first-order valence-corrected chi connectivity index (χ1v) is 8.31. The van der Waals surface area contributed by atoms with Crippen molar-refractivity contribution in [2.45, 2.75) is 6.92 Å². The number of halogens is 1. The van der Waals surface area contributed by atoms with Crippen LogP contribution in [0.3, 0.4) is 0 Å². The molecule has 0 aliphatic heterocycles. The zero-order valence-corrected chi connectivity index (χ0v) is 14.3. The standard InChI is InChI=1S/C21H15ClN2O/c1-13(24-21(23)14-5-3-2-4-6-14)15-7-9-19-17(11-15)18-12-16(22)8-10-20(18)25-19/h2-12,23H,1H3/b23-21?,24-13+. The average Bonchev–Trinajstić information content (AvgIpc) is 2.99. The highest BCUT2D eigenvalue weighted by Crippen LogP contribution is 2.31. The lowest BCUT2D eigenvalue weighted by atomic mass is 10.1. The van der Waals surface area contributed by atoms with E-state index in [9.17, 15) is 0 Å². The SMILES string of the molecule is C/C(=N\C(=N)c1ccccc1)c1ccc2oc3ccc(Cl)cc3c2c1. The smallest absolute Gasteiger partial charge is 0.152 e. The fourth-order valence-corrected chi connectivity index (χ4v) is 3.04. The summed E-state index contributed by atoms with van der Waals surface area (Å²) in [6.07, 6.45) is 0. The van der Waals surface area contributed by atoms with Gasteiger partial charge in [0.15, 0.2) is 5.84 Å². The van der Waals surface area contributed by atoms with Crippen molar-refractivity contribution in [3.8, 4) is 0 Å². The maximum Gasteiger partial charge on any atom is 0.152 e. The predicted octanol–water partition coefficient (Wildman–Crippen LogP) is 6.07. The Morgan fingerprint density at radius 3 is 2.32 bits per heavy atom. The summed E-state index contributed by atoms with van der Waals surface area (Å²) in [5.74, 6) is 0.248. The van der Waals surface area contributed by atoms with Gasteiger partial charge < -0.3 is 4.42 Å². The highest BCUT2D eigenvalue weighted by molar-refractivity contribution is 6.31.